The van der Waals surface area contributed by atoms with Crippen molar-refractivity contribution in [2.24, 2.45) is 0 Å². The highest BCUT2D eigenvalue weighted by molar-refractivity contribution is 6.05. The number of pyridine rings is 1. The molecule has 0 atom stereocenters. The molecule has 0 radical (unpaired) electrons. The summed E-state index contributed by atoms with van der Waals surface area (Å²) in [5.74, 6) is 0.429. The molecule has 1 aromatic carbocycles. The van der Waals surface area contributed by atoms with Crippen LogP contribution >= 0.6 is 0 Å². The highest BCUT2D eigenvalue weighted by atomic mass is 16.1. The lowest BCUT2D eigenvalue weighted by Gasteiger charge is -2.07. The number of aryl methyl sites for hydroxylation is 1. The van der Waals surface area contributed by atoms with E-state index in [0.29, 0.717) is 11.4 Å². The zero-order valence-corrected chi connectivity index (χ0v) is 13.1. The van der Waals surface area contributed by atoms with Gasteiger partial charge in [0.05, 0.1) is 5.69 Å². The van der Waals surface area contributed by atoms with Crippen LogP contribution in [0.1, 0.15) is 28.4 Å². The number of amides is 1. The Kier molecular flexibility index (Phi) is 4.19. The maximum Gasteiger partial charge on any atom is 0.257 e. The van der Waals surface area contributed by atoms with Crippen molar-refractivity contribution in [2.45, 2.75) is 20.3 Å². The molecule has 116 valence electrons. The van der Waals surface area contributed by atoms with Gasteiger partial charge >= 0.3 is 0 Å². The molecule has 0 aliphatic heterocycles. The molecule has 0 aliphatic carbocycles. The smallest absolute Gasteiger partial charge is 0.257 e. The number of nitrogens with one attached hydrogen (secondary N) is 2. The molecule has 0 aliphatic rings. The maximum absolute atomic E-state index is 12.5. The topological polar surface area (TPSA) is 70.7 Å². The average Bonchev–Trinajstić information content (AvgIpc) is 2.98. The van der Waals surface area contributed by atoms with Gasteiger partial charge in [0.2, 0.25) is 0 Å². The van der Waals surface area contributed by atoms with Gasteiger partial charge in [-0.2, -0.15) is 5.10 Å². The SMILES string of the molecule is CCc1c(NC(=O)c2ccccc2C)n[nH]c1-c1ccncc1. The molecule has 3 rings (SSSR count). The van der Waals surface area contributed by atoms with Crippen molar-refractivity contribution in [3.8, 4) is 11.3 Å². The van der Waals surface area contributed by atoms with Crippen molar-refractivity contribution in [1.29, 1.82) is 0 Å². The lowest BCUT2D eigenvalue weighted by Crippen LogP contribution is -2.14. The third kappa shape index (κ3) is 2.99. The first-order valence-corrected chi connectivity index (χ1v) is 7.55. The predicted octanol–water partition coefficient (Wildman–Crippen LogP) is 3.59. The molecule has 23 heavy (non-hydrogen) atoms. The number of benzene rings is 1. The number of H-pyrrole nitrogens is 1. The third-order valence-corrected chi connectivity index (χ3v) is 3.81. The lowest BCUT2D eigenvalue weighted by molar-refractivity contribution is 0.102. The molecule has 0 unspecified atom stereocenters. The first-order valence-electron chi connectivity index (χ1n) is 7.55. The summed E-state index contributed by atoms with van der Waals surface area (Å²) < 4.78 is 0. The monoisotopic (exact) mass is 306 g/mol. The molecular weight excluding hydrogens is 288 g/mol. The van der Waals surface area contributed by atoms with E-state index in [1.165, 1.54) is 0 Å². The standard InChI is InChI=1S/C18H18N4O/c1-3-14-16(13-8-10-19-11-9-13)21-22-17(14)20-18(23)15-7-5-4-6-12(15)2/h4-11H,3H2,1-2H3,(H2,20,21,22,23). The van der Waals surface area contributed by atoms with Gasteiger partial charge in [0.15, 0.2) is 5.82 Å². The van der Waals surface area contributed by atoms with Crippen LogP contribution in [0.4, 0.5) is 5.82 Å². The van der Waals surface area contributed by atoms with E-state index >= 15 is 0 Å². The molecular formula is C18H18N4O. The van der Waals surface area contributed by atoms with E-state index < -0.39 is 0 Å². The molecule has 2 aromatic heterocycles. The Morgan fingerprint density at radius 3 is 2.61 bits per heavy atom. The average molecular weight is 306 g/mol. The second-order valence-corrected chi connectivity index (χ2v) is 5.28. The Bertz CT molecular complexity index is 824. The van der Waals surface area contributed by atoms with Crippen LogP contribution in [0.25, 0.3) is 11.3 Å². The van der Waals surface area contributed by atoms with Crippen LogP contribution in [0.5, 0.6) is 0 Å². The normalized spacial score (nSPS) is 10.5. The number of aromatic amines is 1. The first kappa shape index (κ1) is 15.0. The third-order valence-electron chi connectivity index (χ3n) is 3.81. The zero-order chi connectivity index (χ0) is 16.2. The molecule has 2 N–H and O–H groups in total. The minimum Gasteiger partial charge on any atom is -0.305 e. The van der Waals surface area contributed by atoms with E-state index in [2.05, 4.69) is 20.5 Å². The van der Waals surface area contributed by atoms with Crippen molar-refractivity contribution in [3.05, 3.63) is 65.5 Å². The van der Waals surface area contributed by atoms with Gasteiger partial charge in [-0.15, -0.1) is 0 Å². The van der Waals surface area contributed by atoms with E-state index in [1.54, 1.807) is 12.4 Å². The summed E-state index contributed by atoms with van der Waals surface area (Å²) in [5, 5.41) is 10.2. The van der Waals surface area contributed by atoms with E-state index in [4.69, 9.17) is 0 Å². The van der Waals surface area contributed by atoms with Gasteiger partial charge < -0.3 is 5.32 Å². The van der Waals surface area contributed by atoms with E-state index in [0.717, 1.165) is 28.8 Å². The Hall–Kier alpha value is -2.95. The zero-order valence-electron chi connectivity index (χ0n) is 13.1. The van der Waals surface area contributed by atoms with Gasteiger partial charge in [0.1, 0.15) is 0 Å². The van der Waals surface area contributed by atoms with Crippen LogP contribution in [-0.2, 0) is 6.42 Å². The van der Waals surface area contributed by atoms with Gasteiger partial charge in [-0.25, -0.2) is 0 Å². The summed E-state index contributed by atoms with van der Waals surface area (Å²) in [6.45, 7) is 3.96. The Balaban J connectivity index is 1.91. The fourth-order valence-corrected chi connectivity index (χ4v) is 2.57. The quantitative estimate of drug-likeness (QED) is 0.773. The highest BCUT2D eigenvalue weighted by Gasteiger charge is 2.16. The van der Waals surface area contributed by atoms with E-state index in [1.807, 2.05) is 50.2 Å². The molecule has 5 heteroatoms. The predicted molar refractivity (Wildman–Crippen MR) is 90.3 cm³/mol. The molecule has 0 spiro atoms. The van der Waals surface area contributed by atoms with Crippen LogP contribution in [0, 0.1) is 6.92 Å². The van der Waals surface area contributed by atoms with E-state index in [-0.39, 0.29) is 5.91 Å². The largest absolute Gasteiger partial charge is 0.305 e. The molecule has 3 aromatic rings. The van der Waals surface area contributed by atoms with Crippen molar-refractivity contribution in [1.82, 2.24) is 15.2 Å². The Morgan fingerprint density at radius 1 is 1.17 bits per heavy atom. The molecule has 1 amide bonds. The van der Waals surface area contributed by atoms with Gasteiger partial charge in [0.25, 0.3) is 5.91 Å². The molecule has 0 bridgehead atoms. The van der Waals surface area contributed by atoms with Crippen LogP contribution in [0.15, 0.2) is 48.8 Å². The van der Waals surface area contributed by atoms with Crippen molar-refractivity contribution in [3.63, 3.8) is 0 Å². The Labute approximate surface area is 134 Å². The molecule has 0 fully saturated rings. The van der Waals surface area contributed by atoms with Crippen LogP contribution in [-0.4, -0.2) is 21.1 Å². The van der Waals surface area contributed by atoms with Gasteiger partial charge in [0, 0.05) is 29.1 Å². The van der Waals surface area contributed by atoms with Crippen LogP contribution in [0.2, 0.25) is 0 Å². The number of nitrogens with zero attached hydrogens (tertiary/aromatic N) is 2. The molecule has 5 nitrogen and oxygen atoms in total. The number of carbonyl (C=O) groups excluding carboxylic acids is 1. The lowest BCUT2D eigenvalue weighted by atomic mass is 10.1. The van der Waals surface area contributed by atoms with Crippen LogP contribution in [0.3, 0.4) is 0 Å². The van der Waals surface area contributed by atoms with Gasteiger partial charge in [-0.3, -0.25) is 14.9 Å². The second-order valence-electron chi connectivity index (χ2n) is 5.28. The second kappa shape index (κ2) is 6.44. The van der Waals surface area contributed by atoms with Crippen molar-refractivity contribution >= 4 is 11.7 Å². The van der Waals surface area contributed by atoms with Crippen molar-refractivity contribution in [2.75, 3.05) is 5.32 Å². The maximum atomic E-state index is 12.5. The fraction of sp³-hybridized carbons (Fsp3) is 0.167. The molecule has 0 saturated heterocycles. The highest BCUT2D eigenvalue weighted by Crippen LogP contribution is 2.27. The van der Waals surface area contributed by atoms with Gasteiger partial charge in [-0.1, -0.05) is 25.1 Å². The summed E-state index contributed by atoms with van der Waals surface area (Å²) >= 11 is 0. The fourth-order valence-electron chi connectivity index (χ4n) is 2.57. The van der Waals surface area contributed by atoms with Crippen LogP contribution < -0.4 is 5.32 Å². The van der Waals surface area contributed by atoms with Crippen molar-refractivity contribution < 1.29 is 4.79 Å². The number of hydrogen-bond acceptors (Lipinski definition) is 3. The number of carbonyl (C=O) groups is 1. The minimum atomic E-state index is -0.148. The summed E-state index contributed by atoms with van der Waals surface area (Å²) in [7, 11) is 0. The number of hydrogen-bond donors (Lipinski definition) is 2. The Morgan fingerprint density at radius 2 is 1.91 bits per heavy atom. The molecule has 0 saturated carbocycles. The first-order chi connectivity index (χ1) is 11.2. The summed E-state index contributed by atoms with van der Waals surface area (Å²) in [4.78, 5) is 16.5. The summed E-state index contributed by atoms with van der Waals surface area (Å²) in [6, 6.07) is 11.3. The minimum absolute atomic E-state index is 0.148. The van der Waals surface area contributed by atoms with E-state index in [9.17, 15) is 4.79 Å². The summed E-state index contributed by atoms with van der Waals surface area (Å²) in [6.07, 6.45) is 4.24. The van der Waals surface area contributed by atoms with Gasteiger partial charge in [-0.05, 0) is 37.1 Å². The number of anilines is 1. The summed E-state index contributed by atoms with van der Waals surface area (Å²) in [5.41, 5.74) is 4.49. The number of aromatic nitrogens is 3. The number of rotatable bonds is 4. The molecule has 2 heterocycles.